The number of benzene rings is 2. The maximum atomic E-state index is 13.0. The minimum Gasteiger partial charge on any atom is -0.478 e. The van der Waals surface area contributed by atoms with Crippen molar-refractivity contribution in [3.63, 3.8) is 0 Å². The average molecular weight is 281 g/mol. The van der Waals surface area contributed by atoms with Crippen LogP contribution in [0.15, 0.2) is 36.4 Å². The van der Waals surface area contributed by atoms with Crippen LogP contribution in [-0.2, 0) is 0 Å². The molecule has 0 aliphatic heterocycles. The number of carboxylic acid groups (broad SMARTS) is 1. The third-order valence-corrected chi connectivity index (χ3v) is 2.76. The van der Waals surface area contributed by atoms with Gasteiger partial charge in [0.15, 0.2) is 0 Å². The number of aromatic carboxylic acids is 1. The lowest BCUT2D eigenvalue weighted by Crippen LogP contribution is -2.01. The summed E-state index contributed by atoms with van der Waals surface area (Å²) in [5.41, 5.74) is 0.530. The quantitative estimate of drug-likeness (QED) is 0.913. The number of rotatable bonds is 3. The van der Waals surface area contributed by atoms with Gasteiger partial charge in [0.05, 0.1) is 0 Å². The molecule has 0 spiro atoms. The Kier molecular flexibility index (Phi) is 3.71. The minimum atomic E-state index is -1.25. The molecule has 0 saturated heterocycles. The topological polar surface area (TPSA) is 46.5 Å². The van der Waals surface area contributed by atoms with Crippen LogP contribution in [0.4, 0.5) is 4.39 Å². The summed E-state index contributed by atoms with van der Waals surface area (Å²) >= 11 is 5.82. The van der Waals surface area contributed by atoms with E-state index < -0.39 is 11.8 Å². The summed E-state index contributed by atoms with van der Waals surface area (Å²) in [5.74, 6) is -1.32. The Morgan fingerprint density at radius 3 is 2.53 bits per heavy atom. The van der Waals surface area contributed by atoms with Crippen molar-refractivity contribution < 1.29 is 19.0 Å². The molecule has 1 N–H and O–H groups in total. The van der Waals surface area contributed by atoms with Crippen LogP contribution in [0, 0.1) is 12.7 Å². The highest BCUT2D eigenvalue weighted by atomic mass is 35.5. The fourth-order valence-electron chi connectivity index (χ4n) is 1.60. The average Bonchev–Trinajstić information content (AvgIpc) is 2.34. The smallest absolute Gasteiger partial charge is 0.339 e. The lowest BCUT2D eigenvalue weighted by molar-refractivity contribution is 0.0693. The molecule has 0 atom stereocenters. The zero-order valence-electron chi connectivity index (χ0n) is 9.98. The van der Waals surface area contributed by atoms with Gasteiger partial charge in [-0.1, -0.05) is 11.6 Å². The maximum Gasteiger partial charge on any atom is 0.339 e. The normalized spacial score (nSPS) is 10.3. The summed E-state index contributed by atoms with van der Waals surface area (Å²) in [6.07, 6.45) is 0. The highest BCUT2D eigenvalue weighted by molar-refractivity contribution is 6.30. The molecule has 0 radical (unpaired) electrons. The monoisotopic (exact) mass is 280 g/mol. The molecule has 2 aromatic carbocycles. The van der Waals surface area contributed by atoms with Gasteiger partial charge in [-0.15, -0.1) is 0 Å². The summed E-state index contributed by atoms with van der Waals surface area (Å²) < 4.78 is 18.5. The van der Waals surface area contributed by atoms with E-state index in [4.69, 9.17) is 21.4 Å². The van der Waals surface area contributed by atoms with E-state index in [1.54, 1.807) is 25.1 Å². The van der Waals surface area contributed by atoms with Gasteiger partial charge in [0, 0.05) is 5.02 Å². The van der Waals surface area contributed by atoms with Gasteiger partial charge in [-0.2, -0.15) is 0 Å². The Morgan fingerprint density at radius 2 is 1.89 bits per heavy atom. The van der Waals surface area contributed by atoms with Crippen LogP contribution < -0.4 is 4.74 Å². The Bertz CT molecular complexity index is 641. The van der Waals surface area contributed by atoms with E-state index in [1.165, 1.54) is 6.07 Å². The summed E-state index contributed by atoms with van der Waals surface area (Å²) in [7, 11) is 0. The van der Waals surface area contributed by atoms with Crippen molar-refractivity contribution in [2.75, 3.05) is 0 Å². The first-order valence-corrected chi connectivity index (χ1v) is 5.82. The predicted molar refractivity (Wildman–Crippen MR) is 69.6 cm³/mol. The number of carboxylic acids is 1. The van der Waals surface area contributed by atoms with Gasteiger partial charge in [-0.3, -0.25) is 0 Å². The Hall–Kier alpha value is -2.07. The number of hydrogen-bond acceptors (Lipinski definition) is 2. The van der Waals surface area contributed by atoms with Gasteiger partial charge in [0.25, 0.3) is 0 Å². The molecule has 3 nitrogen and oxygen atoms in total. The number of carbonyl (C=O) groups is 1. The van der Waals surface area contributed by atoms with Gasteiger partial charge in [0.1, 0.15) is 22.9 Å². The van der Waals surface area contributed by atoms with Crippen molar-refractivity contribution in [3.05, 3.63) is 58.4 Å². The molecule has 0 unspecified atom stereocenters. The zero-order chi connectivity index (χ0) is 14.0. The first-order valence-electron chi connectivity index (χ1n) is 5.44. The number of aryl methyl sites for hydroxylation is 1. The van der Waals surface area contributed by atoms with Crippen LogP contribution >= 0.6 is 11.6 Å². The molecule has 0 bridgehead atoms. The third-order valence-electron chi connectivity index (χ3n) is 2.53. The fraction of sp³-hybridized carbons (Fsp3) is 0.0714. The van der Waals surface area contributed by atoms with Gasteiger partial charge in [0.2, 0.25) is 0 Å². The molecule has 0 aliphatic rings. The van der Waals surface area contributed by atoms with Crippen molar-refractivity contribution >= 4 is 17.6 Å². The molecule has 98 valence electrons. The highest BCUT2D eigenvalue weighted by Crippen LogP contribution is 2.30. The molecular weight excluding hydrogens is 271 g/mol. The van der Waals surface area contributed by atoms with E-state index in [-0.39, 0.29) is 11.3 Å². The van der Waals surface area contributed by atoms with E-state index in [0.29, 0.717) is 10.8 Å². The molecule has 0 fully saturated rings. The lowest BCUT2D eigenvalue weighted by atomic mass is 10.2. The lowest BCUT2D eigenvalue weighted by Gasteiger charge is -2.11. The number of halogens is 2. The zero-order valence-corrected chi connectivity index (χ0v) is 10.7. The second-order valence-corrected chi connectivity index (χ2v) is 4.39. The van der Waals surface area contributed by atoms with E-state index in [2.05, 4.69) is 0 Å². The second kappa shape index (κ2) is 5.28. The molecular formula is C14H10ClFO3. The van der Waals surface area contributed by atoms with Gasteiger partial charge < -0.3 is 9.84 Å². The second-order valence-electron chi connectivity index (χ2n) is 3.96. The highest BCUT2D eigenvalue weighted by Gasteiger charge is 2.14. The van der Waals surface area contributed by atoms with E-state index in [1.807, 2.05) is 0 Å². The van der Waals surface area contributed by atoms with Crippen LogP contribution in [0.2, 0.25) is 5.02 Å². The maximum absolute atomic E-state index is 13.0. The van der Waals surface area contributed by atoms with Crippen molar-refractivity contribution in [1.82, 2.24) is 0 Å². The molecule has 0 heterocycles. The molecule has 2 rings (SSSR count). The fourth-order valence-corrected chi connectivity index (χ4v) is 1.83. The molecule has 2 aromatic rings. The van der Waals surface area contributed by atoms with Crippen LogP contribution in [-0.4, -0.2) is 11.1 Å². The largest absolute Gasteiger partial charge is 0.478 e. The van der Waals surface area contributed by atoms with Crippen LogP contribution in [0.25, 0.3) is 0 Å². The summed E-state index contributed by atoms with van der Waals surface area (Å²) in [5, 5.41) is 9.57. The predicted octanol–water partition coefficient (Wildman–Crippen LogP) is 4.28. The van der Waals surface area contributed by atoms with Crippen molar-refractivity contribution in [1.29, 1.82) is 0 Å². The number of ether oxygens (including phenoxy) is 1. The molecule has 0 aromatic heterocycles. The SMILES string of the molecule is Cc1cc(Cl)ccc1Oc1ccc(F)cc1C(=O)O. The van der Waals surface area contributed by atoms with Crippen LogP contribution in [0.3, 0.4) is 0 Å². The summed E-state index contributed by atoms with van der Waals surface area (Å²) in [6.45, 7) is 1.78. The molecule has 0 aliphatic carbocycles. The van der Waals surface area contributed by atoms with E-state index in [9.17, 15) is 9.18 Å². The molecule has 0 saturated carbocycles. The van der Waals surface area contributed by atoms with Crippen molar-refractivity contribution in [3.8, 4) is 11.5 Å². The summed E-state index contributed by atoms with van der Waals surface area (Å²) in [4.78, 5) is 11.0. The van der Waals surface area contributed by atoms with Crippen LogP contribution in [0.5, 0.6) is 11.5 Å². The molecule has 19 heavy (non-hydrogen) atoms. The Balaban J connectivity index is 2.40. The summed E-state index contributed by atoms with van der Waals surface area (Å²) in [6, 6.07) is 8.31. The first kappa shape index (κ1) is 13.4. The Labute approximate surface area is 114 Å². The van der Waals surface area contributed by atoms with Crippen LogP contribution in [0.1, 0.15) is 15.9 Å². The Morgan fingerprint density at radius 1 is 1.21 bits per heavy atom. The standard InChI is InChI=1S/C14H10ClFO3/c1-8-6-9(15)2-4-12(8)19-13-5-3-10(16)7-11(13)14(17)18/h2-7H,1H3,(H,17,18). The minimum absolute atomic E-state index is 0.0827. The van der Waals surface area contributed by atoms with Crippen molar-refractivity contribution in [2.45, 2.75) is 6.92 Å². The molecule has 5 heteroatoms. The number of hydrogen-bond donors (Lipinski definition) is 1. The van der Waals surface area contributed by atoms with E-state index in [0.717, 1.165) is 17.7 Å². The van der Waals surface area contributed by atoms with Gasteiger partial charge >= 0.3 is 5.97 Å². The van der Waals surface area contributed by atoms with E-state index >= 15 is 0 Å². The van der Waals surface area contributed by atoms with Crippen molar-refractivity contribution in [2.24, 2.45) is 0 Å². The third kappa shape index (κ3) is 3.03. The first-order chi connectivity index (χ1) is 8.97. The molecule has 0 amide bonds. The van der Waals surface area contributed by atoms with Gasteiger partial charge in [-0.05, 0) is 48.9 Å². The van der Waals surface area contributed by atoms with Gasteiger partial charge in [-0.25, -0.2) is 9.18 Å².